The van der Waals surface area contributed by atoms with Gasteiger partial charge in [-0.25, -0.2) is 0 Å². The summed E-state index contributed by atoms with van der Waals surface area (Å²) in [6, 6.07) is 12.5. The van der Waals surface area contributed by atoms with Crippen LogP contribution in [0.2, 0.25) is 0 Å². The largest absolute Gasteiger partial charge is 0.493 e. The highest BCUT2D eigenvalue weighted by atomic mass is 16.5. The van der Waals surface area contributed by atoms with E-state index in [1.165, 1.54) is 21.3 Å². The summed E-state index contributed by atoms with van der Waals surface area (Å²) in [5.74, 6) is 1.16. The van der Waals surface area contributed by atoms with E-state index in [1.807, 2.05) is 26.0 Å². The molecule has 0 aliphatic carbocycles. The van der Waals surface area contributed by atoms with Crippen molar-refractivity contribution in [3.05, 3.63) is 53.1 Å². The van der Waals surface area contributed by atoms with Crippen molar-refractivity contribution in [3.63, 3.8) is 0 Å². The van der Waals surface area contributed by atoms with Crippen LogP contribution >= 0.6 is 0 Å². The molecule has 0 N–H and O–H groups in total. The molecular weight excluding hydrogens is 344 g/mol. The monoisotopic (exact) mass is 368 g/mol. The first-order valence-electron chi connectivity index (χ1n) is 8.61. The van der Waals surface area contributed by atoms with Crippen molar-refractivity contribution in [2.45, 2.75) is 19.9 Å². The van der Waals surface area contributed by atoms with E-state index in [1.54, 1.807) is 29.2 Å². The van der Waals surface area contributed by atoms with Crippen molar-refractivity contribution >= 4 is 5.91 Å². The third-order valence-corrected chi connectivity index (χ3v) is 4.50. The second-order valence-corrected chi connectivity index (χ2v) is 5.91. The van der Waals surface area contributed by atoms with Crippen molar-refractivity contribution in [2.24, 2.45) is 0 Å². The minimum Gasteiger partial charge on any atom is -0.493 e. The van der Waals surface area contributed by atoms with Gasteiger partial charge in [0.25, 0.3) is 5.91 Å². The van der Waals surface area contributed by atoms with Gasteiger partial charge in [0.15, 0.2) is 11.5 Å². The number of hydrogen-bond donors (Lipinski definition) is 0. The van der Waals surface area contributed by atoms with Crippen LogP contribution in [-0.2, 0) is 0 Å². The number of nitriles is 1. The molecule has 2 aromatic carbocycles. The standard InChI is InChI=1S/C21H24N2O4/c1-6-23(14(2)16-9-7-15(13-22)8-10-16)21(24)17-11-18(25-3)20(27-5)19(12-17)26-4/h7-12,14H,6H2,1-5H3. The quantitative estimate of drug-likeness (QED) is 0.743. The summed E-state index contributed by atoms with van der Waals surface area (Å²) >= 11 is 0. The van der Waals surface area contributed by atoms with Gasteiger partial charge in [0.1, 0.15) is 0 Å². The number of ether oxygens (including phenoxy) is 3. The summed E-state index contributed by atoms with van der Waals surface area (Å²) in [6.07, 6.45) is 0. The molecule has 0 saturated carbocycles. The van der Waals surface area contributed by atoms with Crippen LogP contribution in [0.15, 0.2) is 36.4 Å². The molecule has 27 heavy (non-hydrogen) atoms. The third kappa shape index (κ3) is 4.14. The number of rotatable bonds is 7. The van der Waals surface area contributed by atoms with Gasteiger partial charge in [0.2, 0.25) is 5.75 Å². The van der Waals surface area contributed by atoms with Crippen molar-refractivity contribution in [3.8, 4) is 23.3 Å². The Morgan fingerprint density at radius 2 is 1.63 bits per heavy atom. The number of methoxy groups -OCH3 is 3. The molecule has 6 nitrogen and oxygen atoms in total. The van der Waals surface area contributed by atoms with Crippen LogP contribution in [0, 0.1) is 11.3 Å². The third-order valence-electron chi connectivity index (χ3n) is 4.50. The van der Waals surface area contributed by atoms with Crippen LogP contribution in [0.5, 0.6) is 17.2 Å². The normalized spacial score (nSPS) is 11.3. The summed E-state index contributed by atoms with van der Waals surface area (Å²) in [4.78, 5) is 14.9. The van der Waals surface area contributed by atoms with Crippen LogP contribution < -0.4 is 14.2 Å². The average Bonchev–Trinajstić information content (AvgIpc) is 2.72. The summed E-state index contributed by atoms with van der Waals surface area (Å²) in [7, 11) is 4.55. The lowest BCUT2D eigenvalue weighted by Gasteiger charge is -2.29. The molecule has 0 saturated heterocycles. The molecule has 2 aromatic rings. The Bertz CT molecular complexity index is 815. The number of carbonyl (C=O) groups excluding carboxylic acids is 1. The lowest BCUT2D eigenvalue weighted by Crippen LogP contribution is -2.33. The smallest absolute Gasteiger partial charge is 0.254 e. The highest BCUT2D eigenvalue weighted by Gasteiger charge is 2.24. The number of nitrogens with zero attached hydrogens (tertiary/aromatic N) is 2. The van der Waals surface area contributed by atoms with Crippen molar-refractivity contribution in [1.82, 2.24) is 4.90 Å². The molecule has 1 amide bonds. The molecule has 0 radical (unpaired) electrons. The number of benzene rings is 2. The number of carbonyl (C=O) groups is 1. The zero-order valence-electron chi connectivity index (χ0n) is 16.3. The summed E-state index contributed by atoms with van der Waals surface area (Å²) in [6.45, 7) is 4.41. The molecule has 142 valence electrons. The summed E-state index contributed by atoms with van der Waals surface area (Å²) in [5, 5.41) is 8.95. The maximum Gasteiger partial charge on any atom is 0.254 e. The van der Waals surface area contributed by atoms with Gasteiger partial charge < -0.3 is 19.1 Å². The van der Waals surface area contributed by atoms with Crippen molar-refractivity contribution < 1.29 is 19.0 Å². The van der Waals surface area contributed by atoms with Gasteiger partial charge in [-0.3, -0.25) is 4.79 Å². The Balaban J connectivity index is 2.39. The van der Waals surface area contributed by atoms with E-state index < -0.39 is 0 Å². The van der Waals surface area contributed by atoms with E-state index in [0.29, 0.717) is 34.9 Å². The van der Waals surface area contributed by atoms with Gasteiger partial charge in [0.05, 0.1) is 39.0 Å². The van der Waals surface area contributed by atoms with Gasteiger partial charge in [-0.1, -0.05) is 12.1 Å². The molecular formula is C21H24N2O4. The number of amides is 1. The Morgan fingerprint density at radius 1 is 1.07 bits per heavy atom. The fourth-order valence-corrected chi connectivity index (χ4v) is 2.98. The summed E-state index contributed by atoms with van der Waals surface area (Å²) in [5.41, 5.74) is 1.99. The molecule has 1 atom stereocenters. The maximum atomic E-state index is 13.2. The molecule has 1 unspecified atom stereocenters. The first-order chi connectivity index (χ1) is 13.0. The van der Waals surface area contributed by atoms with Gasteiger partial charge in [0, 0.05) is 12.1 Å². The zero-order valence-corrected chi connectivity index (χ0v) is 16.3. The van der Waals surface area contributed by atoms with E-state index in [-0.39, 0.29) is 11.9 Å². The predicted octanol–water partition coefficient (Wildman–Crippen LogP) is 3.81. The van der Waals surface area contributed by atoms with Crippen molar-refractivity contribution in [2.75, 3.05) is 27.9 Å². The predicted molar refractivity (Wildman–Crippen MR) is 102 cm³/mol. The van der Waals surface area contributed by atoms with Gasteiger partial charge in [-0.05, 0) is 43.7 Å². The van der Waals surface area contributed by atoms with E-state index in [9.17, 15) is 4.79 Å². The minimum absolute atomic E-state index is 0.145. The van der Waals surface area contributed by atoms with Crippen LogP contribution in [0.3, 0.4) is 0 Å². The first kappa shape index (κ1) is 20.1. The van der Waals surface area contributed by atoms with Crippen LogP contribution in [-0.4, -0.2) is 38.7 Å². The fraction of sp³-hybridized carbons (Fsp3) is 0.333. The lowest BCUT2D eigenvalue weighted by atomic mass is 10.0. The molecule has 2 rings (SSSR count). The maximum absolute atomic E-state index is 13.2. The van der Waals surface area contributed by atoms with E-state index >= 15 is 0 Å². The Hall–Kier alpha value is -3.20. The van der Waals surface area contributed by atoms with Gasteiger partial charge in [-0.2, -0.15) is 5.26 Å². The Kier molecular flexibility index (Phi) is 6.67. The van der Waals surface area contributed by atoms with E-state index in [2.05, 4.69) is 6.07 Å². The van der Waals surface area contributed by atoms with Crippen LogP contribution in [0.4, 0.5) is 0 Å². The van der Waals surface area contributed by atoms with Crippen molar-refractivity contribution in [1.29, 1.82) is 5.26 Å². The summed E-state index contributed by atoms with van der Waals surface area (Å²) < 4.78 is 16.0. The topological polar surface area (TPSA) is 71.8 Å². The lowest BCUT2D eigenvalue weighted by molar-refractivity contribution is 0.0701. The van der Waals surface area contributed by atoms with E-state index in [0.717, 1.165) is 5.56 Å². The molecule has 0 aliphatic heterocycles. The first-order valence-corrected chi connectivity index (χ1v) is 8.61. The van der Waals surface area contributed by atoms with Crippen LogP contribution in [0.1, 0.15) is 41.4 Å². The highest BCUT2D eigenvalue weighted by molar-refractivity contribution is 5.96. The second kappa shape index (κ2) is 8.95. The van der Waals surface area contributed by atoms with Gasteiger partial charge in [-0.15, -0.1) is 0 Å². The molecule has 0 bridgehead atoms. The molecule has 0 aromatic heterocycles. The molecule has 0 fully saturated rings. The molecule has 0 spiro atoms. The molecule has 0 heterocycles. The Labute approximate surface area is 159 Å². The molecule has 0 aliphatic rings. The minimum atomic E-state index is -0.158. The fourth-order valence-electron chi connectivity index (χ4n) is 2.98. The SMILES string of the molecule is CCN(C(=O)c1cc(OC)c(OC)c(OC)c1)C(C)c1ccc(C#N)cc1. The zero-order chi connectivity index (χ0) is 20.0. The number of hydrogen-bond acceptors (Lipinski definition) is 5. The Morgan fingerprint density at radius 3 is 2.04 bits per heavy atom. The molecule has 6 heteroatoms. The highest BCUT2D eigenvalue weighted by Crippen LogP contribution is 2.39. The van der Waals surface area contributed by atoms with Gasteiger partial charge >= 0.3 is 0 Å². The second-order valence-electron chi connectivity index (χ2n) is 5.91. The van der Waals surface area contributed by atoms with E-state index in [4.69, 9.17) is 19.5 Å². The average molecular weight is 368 g/mol. The van der Waals surface area contributed by atoms with Crippen LogP contribution in [0.25, 0.3) is 0 Å².